The normalized spacial score (nSPS) is 11.7. The first kappa shape index (κ1) is 20.4. The molecule has 0 N–H and O–H groups in total. The molecule has 4 rings (SSSR count). The number of aromatic nitrogens is 2. The molecule has 0 aliphatic carbocycles. The van der Waals surface area contributed by atoms with Gasteiger partial charge in [-0.15, -0.1) is 22.7 Å². The number of nitrogens with zero attached hydrogens (tertiary/aromatic N) is 4. The predicted molar refractivity (Wildman–Crippen MR) is 117 cm³/mol. The highest BCUT2D eigenvalue weighted by Gasteiger charge is 2.25. The summed E-state index contributed by atoms with van der Waals surface area (Å²) in [5.74, 6) is 0. The van der Waals surface area contributed by atoms with Crippen molar-refractivity contribution in [2.45, 2.75) is 0 Å². The van der Waals surface area contributed by atoms with Crippen molar-refractivity contribution in [3.63, 3.8) is 0 Å². The Morgan fingerprint density at radius 3 is 1.43 bits per heavy atom. The highest BCUT2D eigenvalue weighted by Crippen LogP contribution is 2.28. The molecule has 4 heterocycles. The number of thiophene rings is 2. The van der Waals surface area contributed by atoms with E-state index in [0.29, 0.717) is 21.1 Å². The van der Waals surface area contributed by atoms with Crippen LogP contribution in [0.25, 0.3) is 21.1 Å². The van der Waals surface area contributed by atoms with Gasteiger partial charge in [0.2, 0.25) is 0 Å². The number of hydrogen-bond donors (Lipinski definition) is 0. The smallest absolute Gasteiger partial charge is 0.323 e. The quantitative estimate of drug-likeness (QED) is 0.150. The minimum Gasteiger partial charge on any atom is -0.323 e. The van der Waals surface area contributed by atoms with E-state index < -0.39 is 14.8 Å². The Kier molecular flexibility index (Phi) is 6.05. The summed E-state index contributed by atoms with van der Waals surface area (Å²) in [4.78, 5) is 1.41. The van der Waals surface area contributed by atoms with E-state index in [1.54, 1.807) is 47.2 Å². The zero-order valence-electron chi connectivity index (χ0n) is 15.2. The highest BCUT2D eigenvalue weighted by molar-refractivity contribution is 7.13. The number of rotatable bonds is 7. The average Bonchev–Trinajstić information content (AvgIpc) is 3.51. The van der Waals surface area contributed by atoms with Gasteiger partial charge in [0, 0.05) is 9.75 Å². The third kappa shape index (κ3) is 4.05. The molecule has 12 heteroatoms. The molecule has 4 aromatic rings. The summed E-state index contributed by atoms with van der Waals surface area (Å²) in [5.41, 5.74) is 1.07. The molecule has 0 saturated carbocycles. The van der Waals surface area contributed by atoms with Crippen molar-refractivity contribution in [3.8, 4) is 21.1 Å². The van der Waals surface area contributed by atoms with E-state index in [2.05, 4.69) is 10.2 Å². The van der Waals surface area contributed by atoms with Gasteiger partial charge in [-0.3, -0.25) is 17.3 Å². The van der Waals surface area contributed by atoms with E-state index in [1.165, 1.54) is 47.2 Å². The summed E-state index contributed by atoms with van der Waals surface area (Å²) >= 11 is 2.70. The molecular formula is C18H12B2F4N4S2. The summed E-state index contributed by atoms with van der Waals surface area (Å²) < 4.78 is 55.9. The Labute approximate surface area is 178 Å². The molecule has 0 saturated heterocycles. The van der Waals surface area contributed by atoms with Crippen LogP contribution in [0.4, 0.5) is 17.3 Å². The van der Waals surface area contributed by atoms with Crippen LogP contribution in [0.1, 0.15) is 11.4 Å². The number of halogens is 4. The van der Waals surface area contributed by atoms with Crippen LogP contribution in [0.15, 0.2) is 69.5 Å². The summed E-state index contributed by atoms with van der Waals surface area (Å²) in [6.07, 6.45) is 2.35. The molecular weight excluding hydrogens is 434 g/mol. The standard InChI is InChI=1S/C18H12B2F4N4S2/c21-19(22)27-13(5-7-15(27)17-3-1-9-29-17)11-25-26-12-14-6-8-16(28(14)20(23)24)18-4-2-10-30-18/h1-12H/b25-11+,26-12+. The number of hydrogen-bond acceptors (Lipinski definition) is 4. The molecule has 0 aliphatic heterocycles. The second-order valence-corrected chi connectivity index (χ2v) is 7.92. The van der Waals surface area contributed by atoms with Crippen molar-refractivity contribution in [2.75, 3.05) is 0 Å². The largest absolute Gasteiger partial charge is 0.678 e. The maximum atomic E-state index is 13.5. The first-order valence-corrected chi connectivity index (χ1v) is 10.4. The molecule has 0 aromatic carbocycles. The van der Waals surface area contributed by atoms with Crippen LogP contribution in [0.2, 0.25) is 0 Å². The average molecular weight is 446 g/mol. The van der Waals surface area contributed by atoms with Gasteiger partial charge in [0.1, 0.15) is 0 Å². The summed E-state index contributed by atoms with van der Waals surface area (Å²) in [6.45, 7) is 0. The van der Waals surface area contributed by atoms with E-state index in [9.17, 15) is 17.3 Å². The fourth-order valence-corrected chi connectivity index (χ4v) is 4.51. The Morgan fingerprint density at radius 1 is 0.667 bits per heavy atom. The predicted octanol–water partition coefficient (Wildman–Crippen LogP) is 5.74. The Hall–Kier alpha value is -2.85. The third-order valence-electron chi connectivity index (χ3n) is 4.28. The van der Waals surface area contributed by atoms with Crippen molar-refractivity contribution >= 4 is 49.9 Å². The molecule has 4 nitrogen and oxygen atoms in total. The lowest BCUT2D eigenvalue weighted by Gasteiger charge is -2.06. The fourth-order valence-electron chi connectivity index (χ4n) is 3.01. The van der Waals surface area contributed by atoms with Crippen LogP contribution in [0.3, 0.4) is 0 Å². The van der Waals surface area contributed by atoms with Crippen molar-refractivity contribution in [1.82, 2.24) is 8.96 Å². The minimum absolute atomic E-state index is 0.161. The Bertz CT molecular complexity index is 1070. The summed E-state index contributed by atoms with van der Waals surface area (Å²) in [5, 5.41) is 11.2. The van der Waals surface area contributed by atoms with Crippen molar-refractivity contribution < 1.29 is 17.3 Å². The van der Waals surface area contributed by atoms with Crippen molar-refractivity contribution in [2.24, 2.45) is 10.2 Å². The van der Waals surface area contributed by atoms with Gasteiger partial charge in [-0.05, 0) is 47.2 Å². The van der Waals surface area contributed by atoms with Crippen LogP contribution in [-0.4, -0.2) is 36.2 Å². The second kappa shape index (κ2) is 8.88. The van der Waals surface area contributed by atoms with Gasteiger partial charge in [-0.1, -0.05) is 12.1 Å². The zero-order valence-corrected chi connectivity index (χ0v) is 16.8. The van der Waals surface area contributed by atoms with Crippen molar-refractivity contribution in [3.05, 3.63) is 70.7 Å². The maximum absolute atomic E-state index is 13.5. The fraction of sp³-hybridized carbons (Fsp3) is 0. The lowest BCUT2D eigenvalue weighted by molar-refractivity contribution is 0.629. The Morgan fingerprint density at radius 2 is 1.10 bits per heavy atom. The molecule has 30 heavy (non-hydrogen) atoms. The monoisotopic (exact) mass is 446 g/mol. The maximum Gasteiger partial charge on any atom is 0.678 e. The SMILES string of the molecule is FB(F)n1c(/C=N/N=C/c2ccc(-c3cccs3)n2B(F)F)ccc1-c1cccs1. The second-order valence-electron chi connectivity index (χ2n) is 6.03. The minimum atomic E-state index is -2.76. The molecule has 0 spiro atoms. The van der Waals surface area contributed by atoms with Crippen LogP contribution in [-0.2, 0) is 0 Å². The third-order valence-corrected chi connectivity index (χ3v) is 6.07. The van der Waals surface area contributed by atoms with E-state index >= 15 is 0 Å². The van der Waals surface area contributed by atoms with Gasteiger partial charge in [0.15, 0.2) is 0 Å². The highest BCUT2D eigenvalue weighted by atomic mass is 32.1. The molecule has 0 fully saturated rings. The van der Waals surface area contributed by atoms with Crippen LogP contribution in [0.5, 0.6) is 0 Å². The summed E-state index contributed by atoms with van der Waals surface area (Å²) in [7, 11) is -5.51. The van der Waals surface area contributed by atoms with Crippen LogP contribution >= 0.6 is 22.7 Å². The van der Waals surface area contributed by atoms with Gasteiger partial charge < -0.3 is 8.96 Å². The first-order valence-electron chi connectivity index (χ1n) is 8.69. The molecule has 0 unspecified atom stereocenters. The molecule has 0 radical (unpaired) electrons. The molecule has 150 valence electrons. The molecule has 0 amide bonds. The molecule has 0 aliphatic rings. The first-order chi connectivity index (χ1) is 14.6. The topological polar surface area (TPSA) is 34.6 Å². The van der Waals surface area contributed by atoms with Gasteiger partial charge >= 0.3 is 14.8 Å². The van der Waals surface area contributed by atoms with Crippen molar-refractivity contribution in [1.29, 1.82) is 0 Å². The lowest BCUT2D eigenvalue weighted by Crippen LogP contribution is -2.17. The van der Waals surface area contributed by atoms with Gasteiger partial charge in [0.05, 0.1) is 35.2 Å². The lowest BCUT2D eigenvalue weighted by atomic mass is 10.2. The van der Waals surface area contributed by atoms with Crippen LogP contribution < -0.4 is 0 Å². The molecule has 4 aromatic heterocycles. The zero-order chi connectivity index (χ0) is 21.1. The van der Waals surface area contributed by atoms with Gasteiger partial charge in [0.25, 0.3) is 0 Å². The van der Waals surface area contributed by atoms with Gasteiger partial charge in [-0.25, -0.2) is 0 Å². The van der Waals surface area contributed by atoms with E-state index in [1.807, 2.05) is 0 Å². The molecule has 0 bridgehead atoms. The van der Waals surface area contributed by atoms with E-state index in [0.717, 1.165) is 8.96 Å². The summed E-state index contributed by atoms with van der Waals surface area (Å²) in [6, 6.07) is 13.3. The van der Waals surface area contributed by atoms with E-state index in [4.69, 9.17) is 0 Å². The molecule has 0 atom stereocenters. The van der Waals surface area contributed by atoms with E-state index in [-0.39, 0.29) is 11.4 Å². The Balaban J connectivity index is 1.59. The van der Waals surface area contributed by atoms with Gasteiger partial charge in [-0.2, -0.15) is 10.2 Å². The van der Waals surface area contributed by atoms with Crippen LogP contribution in [0, 0.1) is 0 Å².